The molecule has 0 atom stereocenters. The van der Waals surface area contributed by atoms with Gasteiger partial charge in [-0.1, -0.05) is 48.0 Å². The molecule has 3 aromatic rings. The highest BCUT2D eigenvalue weighted by molar-refractivity contribution is 5.95. The van der Waals surface area contributed by atoms with Gasteiger partial charge in [-0.3, -0.25) is 9.89 Å². The summed E-state index contributed by atoms with van der Waals surface area (Å²) in [6.07, 6.45) is 1.32. The molecule has 25 heavy (non-hydrogen) atoms. The van der Waals surface area contributed by atoms with E-state index in [9.17, 15) is 4.79 Å². The first-order valence-corrected chi connectivity index (χ1v) is 8.41. The Labute approximate surface area is 147 Å². The number of aryl methyl sites for hydroxylation is 2. The molecule has 0 radical (unpaired) electrons. The van der Waals surface area contributed by atoms with E-state index in [1.807, 2.05) is 31.2 Å². The average Bonchev–Trinajstić information content (AvgIpc) is 3.04. The molecule has 0 saturated carbocycles. The van der Waals surface area contributed by atoms with Gasteiger partial charge in [0.25, 0.3) is 5.91 Å². The number of nitrogens with zero attached hydrogens (tertiary/aromatic N) is 2. The van der Waals surface area contributed by atoms with Crippen LogP contribution in [0.1, 0.15) is 38.7 Å². The van der Waals surface area contributed by atoms with Crippen LogP contribution in [0, 0.1) is 13.8 Å². The Kier molecular flexibility index (Phi) is 5.23. The summed E-state index contributed by atoms with van der Waals surface area (Å²) in [5.41, 5.74) is 4.11. The molecular weight excluding hydrogens is 312 g/mol. The summed E-state index contributed by atoms with van der Waals surface area (Å²) in [5.74, 6) is 1.49. The van der Waals surface area contributed by atoms with Gasteiger partial charge in [0.1, 0.15) is 5.82 Å². The maximum atomic E-state index is 12.2. The molecule has 0 aliphatic carbocycles. The number of nitrogens with one attached hydrogen (secondary N) is 2. The third-order valence-corrected chi connectivity index (χ3v) is 4.09. The van der Waals surface area contributed by atoms with Crippen molar-refractivity contribution in [1.82, 2.24) is 20.5 Å². The van der Waals surface area contributed by atoms with Gasteiger partial charge in [-0.2, -0.15) is 5.10 Å². The lowest BCUT2D eigenvalue weighted by Crippen LogP contribution is -2.26. The normalized spacial score (nSPS) is 10.6. The first-order chi connectivity index (χ1) is 12.1. The molecule has 5 heteroatoms. The van der Waals surface area contributed by atoms with E-state index >= 15 is 0 Å². The lowest BCUT2D eigenvalue weighted by Gasteiger charge is -2.06. The Hall–Kier alpha value is -2.95. The molecule has 0 fully saturated rings. The van der Waals surface area contributed by atoms with Gasteiger partial charge in [0.15, 0.2) is 5.82 Å². The second kappa shape index (κ2) is 7.75. The number of H-pyrrole nitrogens is 1. The standard InChI is InChI=1S/C20H22N4O/c1-14-7-9-16(10-8-14)13-19-22-18(23-24-19)11-12-21-20(25)17-6-4-3-5-15(17)2/h3-10H,11-13H2,1-2H3,(H,21,25)(H,22,23,24). The van der Waals surface area contributed by atoms with E-state index in [1.165, 1.54) is 11.1 Å². The first-order valence-electron chi connectivity index (χ1n) is 8.41. The third kappa shape index (κ3) is 4.53. The van der Waals surface area contributed by atoms with E-state index in [4.69, 9.17) is 0 Å². The van der Waals surface area contributed by atoms with Crippen LogP contribution in [0.25, 0.3) is 0 Å². The van der Waals surface area contributed by atoms with Crippen LogP contribution in [-0.4, -0.2) is 27.6 Å². The molecular formula is C20H22N4O. The minimum absolute atomic E-state index is 0.0616. The van der Waals surface area contributed by atoms with E-state index in [0.717, 1.165) is 17.8 Å². The molecule has 0 aliphatic rings. The van der Waals surface area contributed by atoms with E-state index in [-0.39, 0.29) is 5.91 Å². The van der Waals surface area contributed by atoms with Gasteiger partial charge in [0, 0.05) is 24.9 Å². The number of hydrogen-bond donors (Lipinski definition) is 2. The molecule has 0 aliphatic heterocycles. The highest BCUT2D eigenvalue weighted by Gasteiger charge is 2.09. The van der Waals surface area contributed by atoms with Gasteiger partial charge in [0.2, 0.25) is 0 Å². The molecule has 1 aromatic heterocycles. The van der Waals surface area contributed by atoms with Crippen LogP contribution >= 0.6 is 0 Å². The second-order valence-corrected chi connectivity index (χ2v) is 6.18. The summed E-state index contributed by atoms with van der Waals surface area (Å²) < 4.78 is 0. The van der Waals surface area contributed by atoms with Crippen LogP contribution in [0.15, 0.2) is 48.5 Å². The molecule has 1 amide bonds. The fraction of sp³-hybridized carbons (Fsp3) is 0.250. The molecule has 0 unspecified atom stereocenters. The number of carbonyl (C=O) groups is 1. The van der Waals surface area contributed by atoms with Crippen molar-refractivity contribution in [2.45, 2.75) is 26.7 Å². The first kappa shape index (κ1) is 16.9. The third-order valence-electron chi connectivity index (χ3n) is 4.09. The van der Waals surface area contributed by atoms with E-state index < -0.39 is 0 Å². The van der Waals surface area contributed by atoms with Gasteiger partial charge in [-0.25, -0.2) is 4.98 Å². The number of aromatic amines is 1. The number of rotatable bonds is 6. The average molecular weight is 334 g/mol. The van der Waals surface area contributed by atoms with Crippen molar-refractivity contribution in [3.63, 3.8) is 0 Å². The fourth-order valence-electron chi connectivity index (χ4n) is 2.64. The lowest BCUT2D eigenvalue weighted by atomic mass is 10.1. The van der Waals surface area contributed by atoms with Crippen LogP contribution in [0.2, 0.25) is 0 Å². The Morgan fingerprint density at radius 2 is 1.84 bits per heavy atom. The maximum absolute atomic E-state index is 12.2. The number of aromatic nitrogens is 3. The molecule has 0 bridgehead atoms. The largest absolute Gasteiger partial charge is 0.352 e. The maximum Gasteiger partial charge on any atom is 0.251 e. The molecule has 1 heterocycles. The summed E-state index contributed by atoms with van der Waals surface area (Å²) in [4.78, 5) is 16.7. The summed E-state index contributed by atoms with van der Waals surface area (Å²) in [7, 11) is 0. The highest BCUT2D eigenvalue weighted by atomic mass is 16.1. The Morgan fingerprint density at radius 3 is 2.60 bits per heavy atom. The number of hydrogen-bond acceptors (Lipinski definition) is 3. The number of benzene rings is 2. The van der Waals surface area contributed by atoms with Gasteiger partial charge in [-0.05, 0) is 31.0 Å². The molecule has 0 spiro atoms. The van der Waals surface area contributed by atoms with Crippen LogP contribution < -0.4 is 5.32 Å². The van der Waals surface area contributed by atoms with Crippen molar-refractivity contribution in [2.24, 2.45) is 0 Å². The van der Waals surface area contributed by atoms with Crippen LogP contribution in [0.5, 0.6) is 0 Å². The Balaban J connectivity index is 1.51. The summed E-state index contributed by atoms with van der Waals surface area (Å²) in [5, 5.41) is 10.1. The highest BCUT2D eigenvalue weighted by Crippen LogP contribution is 2.08. The summed E-state index contributed by atoms with van der Waals surface area (Å²) in [6, 6.07) is 15.9. The van der Waals surface area contributed by atoms with Crippen LogP contribution in [-0.2, 0) is 12.8 Å². The monoisotopic (exact) mass is 334 g/mol. The van der Waals surface area contributed by atoms with E-state index in [0.29, 0.717) is 24.4 Å². The van der Waals surface area contributed by atoms with E-state index in [1.54, 1.807) is 0 Å². The van der Waals surface area contributed by atoms with Gasteiger partial charge < -0.3 is 5.32 Å². The van der Waals surface area contributed by atoms with Gasteiger partial charge in [0.05, 0.1) is 0 Å². The van der Waals surface area contributed by atoms with Gasteiger partial charge in [-0.15, -0.1) is 0 Å². The zero-order valence-corrected chi connectivity index (χ0v) is 14.5. The minimum atomic E-state index is -0.0616. The predicted octanol–water partition coefficient (Wildman–Crippen LogP) is 2.98. The molecule has 2 aromatic carbocycles. The van der Waals surface area contributed by atoms with Crippen molar-refractivity contribution in [1.29, 1.82) is 0 Å². The second-order valence-electron chi connectivity index (χ2n) is 6.18. The van der Waals surface area contributed by atoms with Gasteiger partial charge >= 0.3 is 0 Å². The topological polar surface area (TPSA) is 70.7 Å². The quantitative estimate of drug-likeness (QED) is 0.728. The predicted molar refractivity (Wildman–Crippen MR) is 97.6 cm³/mol. The van der Waals surface area contributed by atoms with Crippen molar-refractivity contribution in [3.8, 4) is 0 Å². The van der Waals surface area contributed by atoms with Crippen molar-refractivity contribution in [2.75, 3.05) is 6.54 Å². The molecule has 0 saturated heterocycles. The zero-order chi connectivity index (χ0) is 17.6. The molecule has 128 valence electrons. The molecule has 5 nitrogen and oxygen atoms in total. The Bertz CT molecular complexity index is 852. The smallest absolute Gasteiger partial charge is 0.251 e. The zero-order valence-electron chi connectivity index (χ0n) is 14.5. The van der Waals surface area contributed by atoms with Crippen molar-refractivity contribution < 1.29 is 4.79 Å². The van der Waals surface area contributed by atoms with Crippen LogP contribution in [0.4, 0.5) is 0 Å². The van der Waals surface area contributed by atoms with Crippen LogP contribution in [0.3, 0.4) is 0 Å². The lowest BCUT2D eigenvalue weighted by molar-refractivity contribution is 0.0953. The van der Waals surface area contributed by atoms with Crippen molar-refractivity contribution >= 4 is 5.91 Å². The molecule has 3 rings (SSSR count). The fourth-order valence-corrected chi connectivity index (χ4v) is 2.64. The van der Waals surface area contributed by atoms with Crippen molar-refractivity contribution in [3.05, 3.63) is 82.4 Å². The Morgan fingerprint density at radius 1 is 1.08 bits per heavy atom. The number of amides is 1. The minimum Gasteiger partial charge on any atom is -0.352 e. The van der Waals surface area contributed by atoms with E-state index in [2.05, 4.69) is 51.7 Å². The summed E-state index contributed by atoms with van der Waals surface area (Å²) >= 11 is 0. The molecule has 2 N–H and O–H groups in total. The SMILES string of the molecule is Cc1ccc(Cc2nc(CCNC(=O)c3ccccc3C)n[nH]2)cc1. The number of carbonyl (C=O) groups excluding carboxylic acids is 1. The summed E-state index contributed by atoms with van der Waals surface area (Å²) in [6.45, 7) is 4.51.